The maximum atomic E-state index is 11.5. The van der Waals surface area contributed by atoms with Crippen LogP contribution in [-0.2, 0) is 27.6 Å². The molecule has 0 N–H and O–H groups in total. The van der Waals surface area contributed by atoms with Gasteiger partial charge in [0.2, 0.25) is 5.89 Å². The second-order valence-corrected chi connectivity index (χ2v) is 10.3. The van der Waals surface area contributed by atoms with Gasteiger partial charge in [-0.15, -0.1) is 11.3 Å². The summed E-state index contributed by atoms with van der Waals surface area (Å²) in [4.78, 5) is 22.8. The van der Waals surface area contributed by atoms with Gasteiger partial charge in [0.05, 0.1) is 17.2 Å². The Labute approximate surface area is 239 Å². The normalized spacial score (nSPS) is 11.4. The number of thiophene rings is 1. The van der Waals surface area contributed by atoms with Crippen LogP contribution in [-0.4, -0.2) is 23.3 Å². The van der Waals surface area contributed by atoms with E-state index in [9.17, 15) is 4.79 Å². The first-order chi connectivity index (χ1) is 19.6. The highest BCUT2D eigenvalue weighted by molar-refractivity contribution is 7.13. The lowest BCUT2D eigenvalue weighted by Crippen LogP contribution is -2.04. The lowest BCUT2D eigenvalue weighted by atomic mass is 10.0. The fourth-order valence-electron chi connectivity index (χ4n) is 4.11. The van der Waals surface area contributed by atoms with Gasteiger partial charge in [-0.3, -0.25) is 4.79 Å². The SMILES string of the molecule is CCOC(=O)CCCCCC/C(=N/OCc1ccc(OCc2nc(-c3cccs3)oc2C)cc1)c1ccccc1. The smallest absolute Gasteiger partial charge is 0.305 e. The Kier molecular flexibility index (Phi) is 11.4. The summed E-state index contributed by atoms with van der Waals surface area (Å²) in [6, 6.07) is 21.9. The highest BCUT2D eigenvalue weighted by atomic mass is 32.1. The van der Waals surface area contributed by atoms with Crippen molar-refractivity contribution < 1.29 is 23.5 Å². The number of carbonyl (C=O) groups excluding carboxylic acids is 1. The van der Waals surface area contributed by atoms with E-state index in [1.54, 1.807) is 11.3 Å². The van der Waals surface area contributed by atoms with Gasteiger partial charge < -0.3 is 18.7 Å². The van der Waals surface area contributed by atoms with Crippen LogP contribution in [0.15, 0.2) is 81.7 Å². The van der Waals surface area contributed by atoms with Crippen LogP contribution in [0.2, 0.25) is 0 Å². The van der Waals surface area contributed by atoms with Crippen molar-refractivity contribution >= 4 is 23.0 Å². The third-order valence-electron chi connectivity index (χ3n) is 6.29. The van der Waals surface area contributed by atoms with Gasteiger partial charge in [-0.2, -0.15) is 0 Å². The first-order valence-corrected chi connectivity index (χ1v) is 14.6. The van der Waals surface area contributed by atoms with Crippen LogP contribution in [0, 0.1) is 6.92 Å². The van der Waals surface area contributed by atoms with E-state index in [1.165, 1.54) is 0 Å². The van der Waals surface area contributed by atoms with Crippen molar-refractivity contribution in [3.63, 3.8) is 0 Å². The molecule has 0 unspecified atom stereocenters. The molecule has 0 saturated carbocycles. The second-order valence-electron chi connectivity index (χ2n) is 9.33. The van der Waals surface area contributed by atoms with Gasteiger partial charge in [-0.25, -0.2) is 4.98 Å². The summed E-state index contributed by atoms with van der Waals surface area (Å²) in [6.45, 7) is 4.87. The highest BCUT2D eigenvalue weighted by Crippen LogP contribution is 2.26. The van der Waals surface area contributed by atoms with Crippen molar-refractivity contribution in [2.24, 2.45) is 5.16 Å². The quantitative estimate of drug-likeness (QED) is 0.0596. The van der Waals surface area contributed by atoms with Crippen LogP contribution < -0.4 is 4.74 Å². The lowest BCUT2D eigenvalue weighted by Gasteiger charge is -2.09. The molecule has 0 amide bonds. The van der Waals surface area contributed by atoms with Crippen molar-refractivity contribution in [3.05, 3.63) is 94.7 Å². The minimum atomic E-state index is -0.115. The number of aromatic nitrogens is 1. The molecule has 8 heteroatoms. The molecule has 0 fully saturated rings. The van der Waals surface area contributed by atoms with Gasteiger partial charge in [-0.05, 0) is 67.8 Å². The van der Waals surface area contributed by atoms with Crippen LogP contribution in [0.1, 0.15) is 68.0 Å². The standard InChI is InChI=1S/C32H36N2O5S/c1-3-36-31(35)16-10-5-4-9-14-28(26-12-7-6-8-13-26)34-38-22-25-17-19-27(20-18-25)37-23-29-24(2)39-32(33-29)30-15-11-21-40-30/h6-8,11-13,15,17-21H,3-5,9-10,14,16,22-23H2,1-2H3/b34-28-. The molecule has 40 heavy (non-hydrogen) atoms. The molecule has 0 aliphatic carbocycles. The van der Waals surface area contributed by atoms with E-state index < -0.39 is 0 Å². The zero-order valence-corrected chi connectivity index (χ0v) is 24.0. The molecule has 0 spiro atoms. The zero-order chi connectivity index (χ0) is 28.0. The van der Waals surface area contributed by atoms with Gasteiger partial charge in [0.1, 0.15) is 30.4 Å². The van der Waals surface area contributed by atoms with Gasteiger partial charge in [0, 0.05) is 6.42 Å². The topological polar surface area (TPSA) is 83.2 Å². The number of hydrogen-bond donors (Lipinski definition) is 0. The Morgan fingerprint density at radius 2 is 1.70 bits per heavy atom. The molecule has 2 aromatic carbocycles. The molecule has 0 saturated heterocycles. The number of hydrogen-bond acceptors (Lipinski definition) is 8. The Morgan fingerprint density at radius 3 is 2.42 bits per heavy atom. The average molecular weight is 561 g/mol. The largest absolute Gasteiger partial charge is 0.487 e. The summed E-state index contributed by atoms with van der Waals surface area (Å²) in [7, 11) is 0. The molecule has 7 nitrogen and oxygen atoms in total. The number of ether oxygens (including phenoxy) is 2. The first kappa shape index (κ1) is 29.1. The minimum Gasteiger partial charge on any atom is -0.487 e. The number of aryl methyl sites for hydroxylation is 1. The van der Waals surface area contributed by atoms with Crippen molar-refractivity contribution in [3.8, 4) is 16.5 Å². The van der Waals surface area contributed by atoms with Crippen LogP contribution in [0.5, 0.6) is 5.75 Å². The molecule has 210 valence electrons. The Balaban J connectivity index is 1.24. The monoisotopic (exact) mass is 560 g/mol. The molecule has 2 heterocycles. The summed E-state index contributed by atoms with van der Waals surface area (Å²) >= 11 is 1.60. The summed E-state index contributed by atoms with van der Waals surface area (Å²) < 4.78 is 16.7. The molecular weight excluding hydrogens is 524 g/mol. The Morgan fingerprint density at radius 1 is 0.925 bits per heavy atom. The molecule has 0 radical (unpaired) electrons. The van der Waals surface area contributed by atoms with Gasteiger partial charge in [0.25, 0.3) is 0 Å². The van der Waals surface area contributed by atoms with Gasteiger partial charge in [-0.1, -0.05) is 66.5 Å². The summed E-state index contributed by atoms with van der Waals surface area (Å²) in [5, 5.41) is 6.49. The van der Waals surface area contributed by atoms with Crippen LogP contribution in [0.4, 0.5) is 0 Å². The fourth-order valence-corrected chi connectivity index (χ4v) is 4.76. The number of carbonyl (C=O) groups is 1. The van der Waals surface area contributed by atoms with Crippen molar-refractivity contribution in [2.45, 2.75) is 65.6 Å². The number of esters is 1. The maximum absolute atomic E-state index is 11.5. The molecule has 4 aromatic rings. The molecule has 0 aliphatic heterocycles. The van der Waals surface area contributed by atoms with Crippen LogP contribution in [0.3, 0.4) is 0 Å². The van der Waals surface area contributed by atoms with Crippen molar-refractivity contribution in [1.29, 1.82) is 0 Å². The first-order valence-electron chi connectivity index (χ1n) is 13.7. The predicted octanol–water partition coefficient (Wildman–Crippen LogP) is 8.12. The minimum absolute atomic E-state index is 0.115. The Bertz CT molecular complexity index is 1330. The molecule has 0 aliphatic rings. The van der Waals surface area contributed by atoms with E-state index >= 15 is 0 Å². The Hall–Kier alpha value is -3.91. The average Bonchev–Trinajstić information content (AvgIpc) is 3.64. The third-order valence-corrected chi connectivity index (χ3v) is 7.14. The number of unbranched alkanes of at least 4 members (excludes halogenated alkanes) is 3. The van der Waals surface area contributed by atoms with Gasteiger partial charge in [0.15, 0.2) is 0 Å². The molecule has 0 bridgehead atoms. The maximum Gasteiger partial charge on any atom is 0.305 e. The molecule has 0 atom stereocenters. The van der Waals surface area contributed by atoms with Gasteiger partial charge >= 0.3 is 5.97 Å². The van der Waals surface area contributed by atoms with E-state index in [2.05, 4.69) is 22.3 Å². The van der Waals surface area contributed by atoms with Crippen molar-refractivity contribution in [2.75, 3.05) is 6.61 Å². The summed E-state index contributed by atoms with van der Waals surface area (Å²) in [5.41, 5.74) is 3.77. The molecule has 4 rings (SSSR count). The fraction of sp³-hybridized carbons (Fsp3) is 0.344. The number of rotatable bonds is 16. The van der Waals surface area contributed by atoms with Crippen LogP contribution >= 0.6 is 11.3 Å². The zero-order valence-electron chi connectivity index (χ0n) is 23.1. The predicted molar refractivity (Wildman–Crippen MR) is 157 cm³/mol. The molecular formula is C32H36N2O5S. The number of oxime groups is 1. The molecule has 2 aromatic heterocycles. The summed E-state index contributed by atoms with van der Waals surface area (Å²) in [5.74, 6) is 2.02. The van der Waals surface area contributed by atoms with E-state index in [1.807, 2.05) is 73.8 Å². The van der Waals surface area contributed by atoms with E-state index in [0.29, 0.717) is 32.1 Å². The van der Waals surface area contributed by atoms with Crippen molar-refractivity contribution in [1.82, 2.24) is 4.98 Å². The van der Waals surface area contributed by atoms with Crippen LogP contribution in [0.25, 0.3) is 10.8 Å². The van der Waals surface area contributed by atoms with E-state index in [4.69, 9.17) is 18.7 Å². The third kappa shape index (κ3) is 9.09. The lowest BCUT2D eigenvalue weighted by molar-refractivity contribution is -0.143. The second kappa shape index (κ2) is 15.6. The van der Waals surface area contributed by atoms with E-state index in [-0.39, 0.29) is 5.97 Å². The number of oxazole rings is 1. The van der Waals surface area contributed by atoms with E-state index in [0.717, 1.165) is 71.0 Å². The highest BCUT2D eigenvalue weighted by Gasteiger charge is 2.13. The summed E-state index contributed by atoms with van der Waals surface area (Å²) in [6.07, 6.45) is 5.13. The number of benzene rings is 2. The number of nitrogens with zero attached hydrogens (tertiary/aromatic N) is 2.